The van der Waals surface area contributed by atoms with Crippen molar-refractivity contribution in [2.45, 2.75) is 58.3 Å². The van der Waals surface area contributed by atoms with E-state index in [9.17, 15) is 0 Å². The summed E-state index contributed by atoms with van der Waals surface area (Å²) in [6.07, 6.45) is 15.3. The summed E-state index contributed by atoms with van der Waals surface area (Å²) in [7, 11) is 1.95. The van der Waals surface area contributed by atoms with Gasteiger partial charge >= 0.3 is 0 Å². The summed E-state index contributed by atoms with van der Waals surface area (Å²) in [6.45, 7) is 2.27. The molecule has 78 valence electrons. The Morgan fingerprint density at radius 1 is 0.923 bits per heavy atom. The van der Waals surface area contributed by atoms with E-state index in [1.807, 2.05) is 13.2 Å². The van der Waals surface area contributed by atoms with E-state index < -0.39 is 0 Å². The molecule has 0 heterocycles. The van der Waals surface area contributed by atoms with Crippen molar-refractivity contribution in [2.75, 3.05) is 7.05 Å². The lowest BCUT2D eigenvalue weighted by Gasteiger charge is -1.98. The molecular formula is C12H25N. The van der Waals surface area contributed by atoms with Gasteiger partial charge in [0.05, 0.1) is 0 Å². The zero-order chi connectivity index (χ0) is 9.78. The second-order valence-electron chi connectivity index (χ2n) is 3.60. The van der Waals surface area contributed by atoms with Gasteiger partial charge in [0.2, 0.25) is 0 Å². The van der Waals surface area contributed by atoms with Crippen LogP contribution >= 0.6 is 0 Å². The summed E-state index contributed by atoms with van der Waals surface area (Å²) in [5.41, 5.74) is 0. The first-order chi connectivity index (χ1) is 6.41. The van der Waals surface area contributed by atoms with Crippen molar-refractivity contribution in [3.63, 3.8) is 0 Å². The van der Waals surface area contributed by atoms with Crippen molar-refractivity contribution >= 4 is 0 Å². The highest BCUT2D eigenvalue weighted by Crippen LogP contribution is 2.08. The van der Waals surface area contributed by atoms with Crippen LogP contribution in [0.4, 0.5) is 0 Å². The van der Waals surface area contributed by atoms with E-state index in [1.54, 1.807) is 0 Å². The summed E-state index contributed by atoms with van der Waals surface area (Å²) in [4.78, 5) is 0. The summed E-state index contributed by atoms with van der Waals surface area (Å²) in [5.74, 6) is 0. The Hall–Kier alpha value is -0.460. The van der Waals surface area contributed by atoms with E-state index in [0.29, 0.717) is 0 Å². The normalized spacial score (nSPS) is 10.9. The maximum absolute atomic E-state index is 3.01. The van der Waals surface area contributed by atoms with Crippen LogP contribution in [0.1, 0.15) is 58.3 Å². The monoisotopic (exact) mass is 183 g/mol. The molecule has 0 spiro atoms. The molecule has 0 aliphatic carbocycles. The zero-order valence-corrected chi connectivity index (χ0v) is 9.31. The molecule has 0 unspecified atom stereocenters. The molecule has 1 nitrogen and oxygen atoms in total. The van der Waals surface area contributed by atoms with E-state index >= 15 is 0 Å². The molecule has 0 amide bonds. The van der Waals surface area contributed by atoms with Crippen LogP contribution in [-0.4, -0.2) is 7.05 Å². The average Bonchev–Trinajstić information content (AvgIpc) is 2.16. The minimum Gasteiger partial charge on any atom is -0.394 e. The number of unbranched alkanes of at least 4 members (excludes halogenated alkanes) is 7. The minimum absolute atomic E-state index is 1.23. The van der Waals surface area contributed by atoms with Crippen LogP contribution in [0.5, 0.6) is 0 Å². The fourth-order valence-corrected chi connectivity index (χ4v) is 1.42. The lowest BCUT2D eigenvalue weighted by molar-refractivity contribution is 0.592. The summed E-state index contributed by atoms with van der Waals surface area (Å²) in [6, 6.07) is 0. The van der Waals surface area contributed by atoms with Crippen LogP contribution in [0.2, 0.25) is 0 Å². The Morgan fingerprint density at radius 2 is 1.54 bits per heavy atom. The molecule has 1 N–H and O–H groups in total. The Kier molecular flexibility index (Phi) is 11.1. The molecule has 13 heavy (non-hydrogen) atoms. The topological polar surface area (TPSA) is 12.0 Å². The van der Waals surface area contributed by atoms with Gasteiger partial charge in [-0.15, -0.1) is 0 Å². The molecule has 0 radical (unpaired) electrons. The van der Waals surface area contributed by atoms with E-state index in [1.165, 1.54) is 51.4 Å². The smallest absolute Gasteiger partial charge is 0.00276 e. The van der Waals surface area contributed by atoms with E-state index in [0.717, 1.165) is 0 Å². The standard InChI is InChI=1S/C12H25N/c1-3-4-5-6-7-8-9-10-11-12-13-2/h11-13H,3-10H2,1-2H3. The van der Waals surface area contributed by atoms with Gasteiger partial charge in [-0.1, -0.05) is 51.5 Å². The quantitative estimate of drug-likeness (QED) is 0.535. The molecule has 0 fully saturated rings. The Labute approximate surface area is 83.6 Å². The first-order valence-corrected chi connectivity index (χ1v) is 5.74. The van der Waals surface area contributed by atoms with Crippen LogP contribution in [0.25, 0.3) is 0 Å². The van der Waals surface area contributed by atoms with Crippen molar-refractivity contribution < 1.29 is 0 Å². The van der Waals surface area contributed by atoms with E-state index in [-0.39, 0.29) is 0 Å². The molecule has 1 heteroatoms. The van der Waals surface area contributed by atoms with Crippen molar-refractivity contribution in [3.05, 3.63) is 12.3 Å². The lowest BCUT2D eigenvalue weighted by atomic mass is 10.1. The molecule has 0 aromatic rings. The third kappa shape index (κ3) is 11.5. The van der Waals surface area contributed by atoms with Crippen LogP contribution in [-0.2, 0) is 0 Å². The fraction of sp³-hybridized carbons (Fsp3) is 0.833. The van der Waals surface area contributed by atoms with Gasteiger partial charge in [-0.25, -0.2) is 0 Å². The number of hydrogen-bond acceptors (Lipinski definition) is 1. The number of allylic oxidation sites excluding steroid dienone is 1. The van der Waals surface area contributed by atoms with Gasteiger partial charge in [-0.2, -0.15) is 0 Å². The summed E-state index contributed by atoms with van der Waals surface area (Å²) in [5, 5.41) is 3.01. The first kappa shape index (κ1) is 12.5. The number of hydrogen-bond donors (Lipinski definition) is 1. The highest BCUT2D eigenvalue weighted by molar-refractivity contribution is 4.77. The lowest BCUT2D eigenvalue weighted by Crippen LogP contribution is -1.90. The van der Waals surface area contributed by atoms with Gasteiger partial charge in [0.1, 0.15) is 0 Å². The molecule has 0 saturated carbocycles. The van der Waals surface area contributed by atoms with Gasteiger partial charge in [-0.05, 0) is 19.0 Å². The fourth-order valence-electron chi connectivity index (χ4n) is 1.42. The van der Waals surface area contributed by atoms with Crippen LogP contribution in [0.3, 0.4) is 0 Å². The Bertz CT molecular complexity index is 108. The van der Waals surface area contributed by atoms with Crippen LogP contribution in [0.15, 0.2) is 12.3 Å². The summed E-state index contributed by atoms with van der Waals surface area (Å²) < 4.78 is 0. The molecule has 0 aromatic carbocycles. The highest BCUT2D eigenvalue weighted by Gasteiger charge is 1.88. The van der Waals surface area contributed by atoms with Crippen LogP contribution in [0, 0.1) is 0 Å². The van der Waals surface area contributed by atoms with Gasteiger partial charge < -0.3 is 5.32 Å². The number of nitrogens with one attached hydrogen (secondary N) is 1. The first-order valence-electron chi connectivity index (χ1n) is 5.74. The van der Waals surface area contributed by atoms with Gasteiger partial charge in [0, 0.05) is 7.05 Å². The maximum atomic E-state index is 3.01. The highest BCUT2D eigenvalue weighted by atomic mass is 14.8. The molecule has 0 rings (SSSR count). The average molecular weight is 183 g/mol. The minimum atomic E-state index is 1.23. The molecule has 0 saturated heterocycles. The summed E-state index contributed by atoms with van der Waals surface area (Å²) >= 11 is 0. The molecule has 0 atom stereocenters. The third-order valence-electron chi connectivity index (χ3n) is 2.26. The van der Waals surface area contributed by atoms with Gasteiger partial charge in [0.25, 0.3) is 0 Å². The van der Waals surface area contributed by atoms with Crippen LogP contribution < -0.4 is 5.32 Å². The molecule has 0 aliphatic rings. The SMILES string of the molecule is CCCCCCCCCC=CNC. The zero-order valence-electron chi connectivity index (χ0n) is 9.31. The van der Waals surface area contributed by atoms with Gasteiger partial charge in [-0.3, -0.25) is 0 Å². The van der Waals surface area contributed by atoms with Crippen molar-refractivity contribution in [2.24, 2.45) is 0 Å². The molecule has 0 aromatic heterocycles. The third-order valence-corrected chi connectivity index (χ3v) is 2.26. The predicted octanol–water partition coefficient (Wildman–Crippen LogP) is 3.86. The molecule has 0 bridgehead atoms. The second kappa shape index (κ2) is 11.5. The van der Waals surface area contributed by atoms with E-state index in [4.69, 9.17) is 0 Å². The van der Waals surface area contributed by atoms with Crippen molar-refractivity contribution in [1.82, 2.24) is 5.32 Å². The Balaban J connectivity index is 2.87. The van der Waals surface area contributed by atoms with Crippen molar-refractivity contribution in [1.29, 1.82) is 0 Å². The largest absolute Gasteiger partial charge is 0.394 e. The molecular weight excluding hydrogens is 158 g/mol. The Morgan fingerprint density at radius 3 is 2.15 bits per heavy atom. The van der Waals surface area contributed by atoms with Gasteiger partial charge in [0.15, 0.2) is 0 Å². The van der Waals surface area contributed by atoms with E-state index in [2.05, 4.69) is 18.3 Å². The van der Waals surface area contributed by atoms with Crippen molar-refractivity contribution in [3.8, 4) is 0 Å². The number of rotatable bonds is 9. The molecule has 0 aliphatic heterocycles. The maximum Gasteiger partial charge on any atom is 0.00276 e. The predicted molar refractivity (Wildman–Crippen MR) is 60.8 cm³/mol. The second-order valence-corrected chi connectivity index (χ2v) is 3.60.